The van der Waals surface area contributed by atoms with Crippen LogP contribution in [0.4, 0.5) is 16.3 Å². The first-order valence-corrected chi connectivity index (χ1v) is 8.61. The Balaban J connectivity index is 1.85. The maximum Gasteiger partial charge on any atom is 0.324 e. The first-order valence-electron chi connectivity index (χ1n) is 8.61. The molecule has 0 aliphatic rings. The Morgan fingerprint density at radius 3 is 2.30 bits per heavy atom. The molecule has 136 valence electrons. The number of hydrogen-bond donors (Lipinski definition) is 2. The largest absolute Gasteiger partial charge is 0.324 e. The van der Waals surface area contributed by atoms with Crippen molar-refractivity contribution >= 4 is 17.5 Å². The summed E-state index contributed by atoms with van der Waals surface area (Å²) < 4.78 is 1.72. The van der Waals surface area contributed by atoms with Gasteiger partial charge in [0.15, 0.2) is 0 Å². The fraction of sp³-hybridized carbons (Fsp3) is 0.190. The molecular formula is C21H21N5O. The van der Waals surface area contributed by atoms with Crippen LogP contribution in [0, 0.1) is 11.3 Å². The van der Waals surface area contributed by atoms with Crippen LogP contribution in [0.5, 0.6) is 0 Å². The van der Waals surface area contributed by atoms with Gasteiger partial charge in [0.25, 0.3) is 0 Å². The molecule has 0 unspecified atom stereocenters. The molecule has 27 heavy (non-hydrogen) atoms. The zero-order chi connectivity index (χ0) is 19.4. The van der Waals surface area contributed by atoms with E-state index in [0.29, 0.717) is 17.1 Å². The molecule has 0 saturated heterocycles. The maximum absolute atomic E-state index is 12.5. The van der Waals surface area contributed by atoms with E-state index in [1.54, 1.807) is 28.9 Å². The van der Waals surface area contributed by atoms with E-state index in [9.17, 15) is 4.79 Å². The van der Waals surface area contributed by atoms with Crippen molar-refractivity contribution in [3.63, 3.8) is 0 Å². The molecule has 0 aliphatic carbocycles. The Morgan fingerprint density at radius 1 is 1.04 bits per heavy atom. The summed E-state index contributed by atoms with van der Waals surface area (Å²) in [5.41, 5.74) is 2.73. The van der Waals surface area contributed by atoms with E-state index in [1.165, 1.54) is 0 Å². The zero-order valence-electron chi connectivity index (χ0n) is 15.5. The lowest BCUT2D eigenvalue weighted by atomic mass is 9.92. The van der Waals surface area contributed by atoms with Gasteiger partial charge in [-0.05, 0) is 36.4 Å². The molecule has 0 aliphatic heterocycles. The van der Waals surface area contributed by atoms with Gasteiger partial charge in [-0.1, -0.05) is 39.0 Å². The summed E-state index contributed by atoms with van der Waals surface area (Å²) in [6.45, 7) is 6.22. The summed E-state index contributed by atoms with van der Waals surface area (Å²) in [5, 5.41) is 19.2. The fourth-order valence-electron chi connectivity index (χ4n) is 2.51. The predicted molar refractivity (Wildman–Crippen MR) is 106 cm³/mol. The quantitative estimate of drug-likeness (QED) is 0.712. The van der Waals surface area contributed by atoms with Crippen LogP contribution >= 0.6 is 0 Å². The highest BCUT2D eigenvalue weighted by atomic mass is 16.2. The third kappa shape index (κ3) is 4.33. The molecule has 0 saturated carbocycles. The smallest absolute Gasteiger partial charge is 0.308 e. The average molecular weight is 359 g/mol. The second-order valence-electron chi connectivity index (χ2n) is 7.18. The Hall–Kier alpha value is -3.59. The van der Waals surface area contributed by atoms with Crippen LogP contribution in [0.1, 0.15) is 32.0 Å². The molecule has 2 N–H and O–H groups in total. The van der Waals surface area contributed by atoms with Gasteiger partial charge in [-0.15, -0.1) is 0 Å². The highest BCUT2D eigenvalue weighted by Crippen LogP contribution is 2.26. The molecule has 2 amide bonds. The Kier molecular flexibility index (Phi) is 4.95. The number of nitrogens with zero attached hydrogens (tertiary/aromatic N) is 3. The van der Waals surface area contributed by atoms with Crippen LogP contribution in [0.15, 0.2) is 60.7 Å². The van der Waals surface area contributed by atoms with E-state index < -0.39 is 0 Å². The molecule has 0 atom stereocenters. The molecule has 0 radical (unpaired) electrons. The van der Waals surface area contributed by atoms with Gasteiger partial charge in [0.1, 0.15) is 5.82 Å². The van der Waals surface area contributed by atoms with Crippen LogP contribution in [-0.2, 0) is 5.41 Å². The lowest BCUT2D eigenvalue weighted by molar-refractivity contribution is 0.262. The number of anilines is 2. The second-order valence-corrected chi connectivity index (χ2v) is 7.18. The van der Waals surface area contributed by atoms with Gasteiger partial charge in [-0.2, -0.15) is 10.4 Å². The second kappa shape index (κ2) is 7.34. The van der Waals surface area contributed by atoms with Crippen molar-refractivity contribution in [1.29, 1.82) is 5.26 Å². The number of para-hydroxylation sites is 1. The number of nitrogens with one attached hydrogen (secondary N) is 2. The predicted octanol–water partition coefficient (Wildman–Crippen LogP) is 4.69. The lowest BCUT2D eigenvalue weighted by Crippen LogP contribution is -2.21. The SMILES string of the molecule is CC(C)(C)c1cc(NC(=O)Nc2ccc(C#N)cc2)n(-c2ccccc2)n1. The first kappa shape index (κ1) is 18.2. The highest BCUT2D eigenvalue weighted by Gasteiger charge is 2.21. The van der Waals surface area contributed by atoms with Gasteiger partial charge < -0.3 is 5.32 Å². The van der Waals surface area contributed by atoms with Crippen LogP contribution in [0.2, 0.25) is 0 Å². The first-order chi connectivity index (χ1) is 12.9. The summed E-state index contributed by atoms with van der Waals surface area (Å²) >= 11 is 0. The topological polar surface area (TPSA) is 82.7 Å². The van der Waals surface area contributed by atoms with E-state index in [1.807, 2.05) is 42.5 Å². The summed E-state index contributed by atoms with van der Waals surface area (Å²) in [4.78, 5) is 12.5. The molecule has 2 aromatic carbocycles. The molecular weight excluding hydrogens is 338 g/mol. The van der Waals surface area contributed by atoms with Crippen molar-refractivity contribution < 1.29 is 4.79 Å². The number of aromatic nitrogens is 2. The van der Waals surface area contributed by atoms with Crippen molar-refractivity contribution in [1.82, 2.24) is 9.78 Å². The van der Waals surface area contributed by atoms with Crippen LogP contribution in [-0.4, -0.2) is 15.8 Å². The standard InChI is InChI=1S/C21H21N5O/c1-21(2,3)18-13-19(26(25-18)17-7-5-4-6-8-17)24-20(27)23-16-11-9-15(14-22)10-12-16/h4-13H,1-3H3,(H2,23,24,27). The molecule has 1 heterocycles. The van der Waals surface area contributed by atoms with Crippen LogP contribution < -0.4 is 10.6 Å². The van der Waals surface area contributed by atoms with Gasteiger partial charge in [0.05, 0.1) is 23.0 Å². The average Bonchev–Trinajstić information content (AvgIpc) is 3.07. The number of carbonyl (C=O) groups excluding carboxylic acids is 1. The maximum atomic E-state index is 12.5. The monoisotopic (exact) mass is 359 g/mol. The van der Waals surface area contributed by atoms with Gasteiger partial charge >= 0.3 is 6.03 Å². The summed E-state index contributed by atoms with van der Waals surface area (Å²) in [6, 6.07) is 19.9. The number of benzene rings is 2. The Bertz CT molecular complexity index is 976. The molecule has 0 fully saturated rings. The number of rotatable bonds is 3. The van der Waals surface area contributed by atoms with Crippen molar-refractivity contribution in [3.05, 3.63) is 71.9 Å². The van der Waals surface area contributed by atoms with Gasteiger partial charge in [0.2, 0.25) is 0 Å². The van der Waals surface area contributed by atoms with E-state index in [-0.39, 0.29) is 11.4 Å². The van der Waals surface area contributed by atoms with Gasteiger partial charge in [-0.3, -0.25) is 5.32 Å². The zero-order valence-corrected chi connectivity index (χ0v) is 15.5. The highest BCUT2D eigenvalue weighted by molar-refractivity contribution is 5.99. The molecule has 0 spiro atoms. The summed E-state index contributed by atoms with van der Waals surface area (Å²) in [6.07, 6.45) is 0. The Morgan fingerprint density at radius 2 is 1.70 bits per heavy atom. The van der Waals surface area contributed by atoms with Crippen molar-refractivity contribution in [3.8, 4) is 11.8 Å². The van der Waals surface area contributed by atoms with Crippen LogP contribution in [0.25, 0.3) is 5.69 Å². The number of urea groups is 1. The third-order valence-electron chi connectivity index (χ3n) is 3.99. The molecule has 1 aromatic heterocycles. The van der Waals surface area contributed by atoms with Crippen molar-refractivity contribution in [2.45, 2.75) is 26.2 Å². The van der Waals surface area contributed by atoms with Gasteiger partial charge in [0, 0.05) is 17.2 Å². The fourth-order valence-corrected chi connectivity index (χ4v) is 2.51. The van der Waals surface area contributed by atoms with Crippen LogP contribution in [0.3, 0.4) is 0 Å². The molecule has 6 heteroatoms. The molecule has 3 aromatic rings. The minimum absolute atomic E-state index is 0.153. The van der Waals surface area contributed by atoms with E-state index in [0.717, 1.165) is 11.4 Å². The number of hydrogen-bond acceptors (Lipinski definition) is 3. The molecule has 0 bridgehead atoms. The normalized spacial score (nSPS) is 10.9. The molecule has 6 nitrogen and oxygen atoms in total. The Labute approximate surface area is 158 Å². The van der Waals surface area contributed by atoms with Crippen molar-refractivity contribution in [2.24, 2.45) is 0 Å². The lowest BCUT2D eigenvalue weighted by Gasteiger charge is -2.14. The van der Waals surface area contributed by atoms with Gasteiger partial charge in [-0.25, -0.2) is 9.48 Å². The number of carbonyl (C=O) groups is 1. The third-order valence-corrected chi connectivity index (χ3v) is 3.99. The van der Waals surface area contributed by atoms with E-state index in [2.05, 4.69) is 36.5 Å². The van der Waals surface area contributed by atoms with E-state index in [4.69, 9.17) is 5.26 Å². The molecule has 3 rings (SSSR count). The number of nitriles is 1. The summed E-state index contributed by atoms with van der Waals surface area (Å²) in [5.74, 6) is 0.581. The minimum Gasteiger partial charge on any atom is -0.308 e. The van der Waals surface area contributed by atoms with E-state index >= 15 is 0 Å². The minimum atomic E-state index is -0.378. The summed E-state index contributed by atoms with van der Waals surface area (Å²) in [7, 11) is 0. The number of amides is 2. The van der Waals surface area contributed by atoms with Crippen molar-refractivity contribution in [2.75, 3.05) is 10.6 Å².